The van der Waals surface area contributed by atoms with E-state index < -0.39 is 0 Å². The Morgan fingerprint density at radius 2 is 2.06 bits per heavy atom. The van der Waals surface area contributed by atoms with E-state index in [4.69, 9.17) is 9.84 Å². The van der Waals surface area contributed by atoms with E-state index in [2.05, 4.69) is 18.8 Å². The van der Waals surface area contributed by atoms with E-state index in [1.54, 1.807) is 0 Å². The number of para-hydroxylation sites is 1. The molecule has 92 valence electrons. The smallest absolute Gasteiger partial charge is 0.134 e. The van der Waals surface area contributed by atoms with Crippen molar-refractivity contribution in [3.63, 3.8) is 0 Å². The molecule has 0 heterocycles. The van der Waals surface area contributed by atoms with Crippen LogP contribution in [0.1, 0.15) is 38.2 Å². The van der Waals surface area contributed by atoms with Crippen LogP contribution < -0.4 is 4.74 Å². The Balaban J connectivity index is 2.56. The maximum absolute atomic E-state index is 8.68. The van der Waals surface area contributed by atoms with Gasteiger partial charge in [0.1, 0.15) is 5.75 Å². The summed E-state index contributed by atoms with van der Waals surface area (Å²) in [6.45, 7) is 3.02. The van der Waals surface area contributed by atoms with Gasteiger partial charge in [0, 0.05) is 6.42 Å². The molecule has 0 aliphatic heterocycles. The van der Waals surface area contributed by atoms with Gasteiger partial charge in [-0.3, -0.25) is 0 Å². The van der Waals surface area contributed by atoms with Crippen molar-refractivity contribution in [2.75, 3.05) is 13.2 Å². The predicted molar refractivity (Wildman–Crippen MR) is 70.0 cm³/mol. The second-order valence-corrected chi connectivity index (χ2v) is 3.83. The molecule has 1 aromatic rings. The average molecular weight is 232 g/mol. The van der Waals surface area contributed by atoms with E-state index in [0.29, 0.717) is 6.42 Å². The summed E-state index contributed by atoms with van der Waals surface area (Å²) >= 11 is 0. The number of benzene rings is 1. The Kier molecular flexibility index (Phi) is 6.93. The van der Waals surface area contributed by atoms with E-state index in [1.165, 1.54) is 12.8 Å². The molecule has 0 radical (unpaired) electrons. The van der Waals surface area contributed by atoms with Crippen LogP contribution in [0.5, 0.6) is 5.75 Å². The summed E-state index contributed by atoms with van der Waals surface area (Å²) in [5.41, 5.74) is 0.900. The molecule has 0 fully saturated rings. The fourth-order valence-corrected chi connectivity index (χ4v) is 1.44. The summed E-state index contributed by atoms with van der Waals surface area (Å²) in [5.74, 6) is 6.78. The molecular weight excluding hydrogens is 212 g/mol. The summed E-state index contributed by atoms with van der Waals surface area (Å²) in [7, 11) is 0. The highest BCUT2D eigenvalue weighted by Gasteiger charge is 1.99. The van der Waals surface area contributed by atoms with Crippen LogP contribution in [0.15, 0.2) is 24.3 Å². The number of aliphatic hydroxyl groups is 1. The van der Waals surface area contributed by atoms with Crippen LogP contribution in [0.2, 0.25) is 0 Å². The fraction of sp³-hybridized carbons (Fsp3) is 0.467. The van der Waals surface area contributed by atoms with Gasteiger partial charge in [-0.05, 0) is 18.6 Å². The molecule has 17 heavy (non-hydrogen) atoms. The van der Waals surface area contributed by atoms with Gasteiger partial charge in [-0.2, -0.15) is 0 Å². The maximum atomic E-state index is 8.68. The van der Waals surface area contributed by atoms with Crippen LogP contribution in [0.4, 0.5) is 0 Å². The normalized spacial score (nSPS) is 9.53. The van der Waals surface area contributed by atoms with Gasteiger partial charge in [0.15, 0.2) is 0 Å². The highest BCUT2D eigenvalue weighted by molar-refractivity contribution is 5.45. The lowest BCUT2D eigenvalue weighted by atomic mass is 10.2. The Morgan fingerprint density at radius 3 is 2.82 bits per heavy atom. The van der Waals surface area contributed by atoms with E-state index in [9.17, 15) is 0 Å². The molecule has 0 spiro atoms. The van der Waals surface area contributed by atoms with Gasteiger partial charge in [0.25, 0.3) is 0 Å². The monoisotopic (exact) mass is 232 g/mol. The Labute approximate surface area is 104 Å². The summed E-state index contributed by atoms with van der Waals surface area (Å²) in [4.78, 5) is 0. The topological polar surface area (TPSA) is 29.5 Å². The van der Waals surface area contributed by atoms with Crippen molar-refractivity contribution in [3.05, 3.63) is 29.8 Å². The van der Waals surface area contributed by atoms with E-state index in [0.717, 1.165) is 24.3 Å². The molecule has 0 aromatic heterocycles. The minimum absolute atomic E-state index is 0.104. The molecule has 2 nitrogen and oxygen atoms in total. The molecule has 0 amide bonds. The van der Waals surface area contributed by atoms with Crippen LogP contribution >= 0.6 is 0 Å². The first kappa shape index (κ1) is 13.6. The van der Waals surface area contributed by atoms with Crippen molar-refractivity contribution in [1.29, 1.82) is 0 Å². The average Bonchev–Trinajstić information content (AvgIpc) is 2.36. The van der Waals surface area contributed by atoms with Crippen LogP contribution in [-0.2, 0) is 0 Å². The lowest BCUT2D eigenvalue weighted by Crippen LogP contribution is -1.98. The van der Waals surface area contributed by atoms with Crippen molar-refractivity contribution >= 4 is 0 Å². The zero-order valence-corrected chi connectivity index (χ0v) is 10.4. The first-order chi connectivity index (χ1) is 8.38. The third-order valence-electron chi connectivity index (χ3n) is 2.35. The summed E-state index contributed by atoms with van der Waals surface area (Å²) in [6.07, 6.45) is 3.97. The SMILES string of the molecule is CCCCCOc1ccccc1C#CCCO. The summed E-state index contributed by atoms with van der Waals surface area (Å²) in [6, 6.07) is 7.78. The minimum Gasteiger partial charge on any atom is -0.492 e. The molecule has 0 bridgehead atoms. The zero-order valence-electron chi connectivity index (χ0n) is 10.4. The zero-order chi connectivity index (χ0) is 12.3. The van der Waals surface area contributed by atoms with Gasteiger partial charge in [-0.15, -0.1) is 0 Å². The van der Waals surface area contributed by atoms with Gasteiger partial charge in [0.05, 0.1) is 18.8 Å². The second-order valence-electron chi connectivity index (χ2n) is 3.83. The highest BCUT2D eigenvalue weighted by atomic mass is 16.5. The second kappa shape index (κ2) is 8.66. The molecule has 0 saturated carbocycles. The maximum Gasteiger partial charge on any atom is 0.134 e. The van der Waals surface area contributed by atoms with Gasteiger partial charge in [-0.1, -0.05) is 43.7 Å². The van der Waals surface area contributed by atoms with E-state index >= 15 is 0 Å². The Hall–Kier alpha value is -1.46. The van der Waals surface area contributed by atoms with Crippen molar-refractivity contribution in [2.45, 2.75) is 32.6 Å². The lowest BCUT2D eigenvalue weighted by molar-refractivity contribution is 0.304. The molecule has 0 atom stereocenters. The largest absolute Gasteiger partial charge is 0.492 e. The molecule has 2 heteroatoms. The summed E-state index contributed by atoms with van der Waals surface area (Å²) in [5, 5.41) is 8.68. The van der Waals surface area contributed by atoms with Crippen molar-refractivity contribution in [3.8, 4) is 17.6 Å². The summed E-state index contributed by atoms with van der Waals surface area (Å²) < 4.78 is 5.70. The number of hydrogen-bond acceptors (Lipinski definition) is 2. The van der Waals surface area contributed by atoms with E-state index in [-0.39, 0.29) is 6.61 Å². The number of rotatable bonds is 6. The predicted octanol–water partition coefficient (Wildman–Crippen LogP) is 2.99. The standard InChI is InChI=1S/C15H20O2/c1-2-3-8-13-17-15-11-5-4-9-14(15)10-6-7-12-16/h4-5,9,11,16H,2-3,7-8,12-13H2,1H3. The number of aliphatic hydroxyl groups excluding tert-OH is 1. The van der Waals surface area contributed by atoms with Crippen LogP contribution in [0.3, 0.4) is 0 Å². The van der Waals surface area contributed by atoms with Gasteiger partial charge in [0.2, 0.25) is 0 Å². The first-order valence-electron chi connectivity index (χ1n) is 6.20. The quantitative estimate of drug-likeness (QED) is 0.603. The van der Waals surface area contributed by atoms with Gasteiger partial charge >= 0.3 is 0 Å². The molecule has 0 aliphatic rings. The highest BCUT2D eigenvalue weighted by Crippen LogP contribution is 2.17. The molecule has 0 aliphatic carbocycles. The number of ether oxygens (including phenoxy) is 1. The third-order valence-corrected chi connectivity index (χ3v) is 2.35. The molecule has 0 saturated heterocycles. The molecule has 0 unspecified atom stereocenters. The van der Waals surface area contributed by atoms with E-state index in [1.807, 2.05) is 24.3 Å². The molecule has 1 N–H and O–H groups in total. The number of unbranched alkanes of at least 4 members (excludes halogenated alkanes) is 2. The first-order valence-corrected chi connectivity index (χ1v) is 6.20. The number of hydrogen-bond donors (Lipinski definition) is 1. The molecular formula is C15H20O2. The minimum atomic E-state index is 0.104. The van der Waals surface area contributed by atoms with Crippen LogP contribution in [0.25, 0.3) is 0 Å². The molecule has 1 rings (SSSR count). The lowest BCUT2D eigenvalue weighted by Gasteiger charge is -2.07. The Bertz CT molecular complexity index is 374. The fourth-order valence-electron chi connectivity index (χ4n) is 1.44. The van der Waals surface area contributed by atoms with Crippen LogP contribution in [0, 0.1) is 11.8 Å². The van der Waals surface area contributed by atoms with Gasteiger partial charge < -0.3 is 9.84 Å². The van der Waals surface area contributed by atoms with Gasteiger partial charge in [-0.25, -0.2) is 0 Å². The van der Waals surface area contributed by atoms with Crippen LogP contribution in [-0.4, -0.2) is 18.3 Å². The van der Waals surface area contributed by atoms with Crippen molar-refractivity contribution < 1.29 is 9.84 Å². The van der Waals surface area contributed by atoms with Crippen molar-refractivity contribution in [2.24, 2.45) is 0 Å². The Morgan fingerprint density at radius 1 is 1.24 bits per heavy atom. The third kappa shape index (κ3) is 5.42. The molecule has 1 aromatic carbocycles. The van der Waals surface area contributed by atoms with Crippen molar-refractivity contribution in [1.82, 2.24) is 0 Å².